The number of amides is 1. The standard InChI is InChI=1S/C21H18N4O4S/c1-13-5-6-19-17(8-13)18(10-20(23-19)15-4-3-7-22-11-15)21(26)25-30(27,28)12-16-9-14(2)24-29-16/h3-11H,12H2,1-2H3,(H,25,26). The number of fused-ring (bicyclic) bond motifs is 1. The van der Waals surface area contributed by atoms with Crippen molar-refractivity contribution < 1.29 is 17.7 Å². The molecule has 1 N–H and O–H groups in total. The Morgan fingerprint density at radius 2 is 1.97 bits per heavy atom. The molecule has 0 spiro atoms. The highest BCUT2D eigenvalue weighted by molar-refractivity contribution is 7.89. The molecule has 9 heteroatoms. The van der Waals surface area contributed by atoms with Crippen LogP contribution in [0.2, 0.25) is 0 Å². The van der Waals surface area contributed by atoms with E-state index in [1.165, 1.54) is 6.07 Å². The van der Waals surface area contributed by atoms with E-state index in [1.54, 1.807) is 43.6 Å². The summed E-state index contributed by atoms with van der Waals surface area (Å²) in [6, 6.07) is 12.1. The van der Waals surface area contributed by atoms with Gasteiger partial charge in [0.05, 0.1) is 22.5 Å². The Morgan fingerprint density at radius 1 is 1.13 bits per heavy atom. The number of aromatic nitrogens is 3. The zero-order valence-corrected chi connectivity index (χ0v) is 17.1. The van der Waals surface area contributed by atoms with Gasteiger partial charge in [0, 0.05) is 29.4 Å². The van der Waals surface area contributed by atoms with Crippen molar-refractivity contribution in [2.75, 3.05) is 0 Å². The van der Waals surface area contributed by atoms with Crippen molar-refractivity contribution in [2.45, 2.75) is 19.6 Å². The molecule has 0 bridgehead atoms. The number of carbonyl (C=O) groups excluding carboxylic acids is 1. The van der Waals surface area contributed by atoms with Gasteiger partial charge in [-0.3, -0.25) is 9.78 Å². The summed E-state index contributed by atoms with van der Waals surface area (Å²) < 4.78 is 32.1. The molecule has 30 heavy (non-hydrogen) atoms. The molecule has 0 atom stereocenters. The van der Waals surface area contributed by atoms with Gasteiger partial charge in [-0.25, -0.2) is 18.1 Å². The first-order chi connectivity index (χ1) is 14.3. The Hall–Kier alpha value is -3.59. The predicted octanol–water partition coefficient (Wildman–Crippen LogP) is 3.16. The minimum atomic E-state index is -3.99. The summed E-state index contributed by atoms with van der Waals surface area (Å²) in [5.74, 6) is -1.08. The third-order valence-electron chi connectivity index (χ3n) is 4.42. The van der Waals surface area contributed by atoms with Gasteiger partial charge in [0.25, 0.3) is 5.91 Å². The van der Waals surface area contributed by atoms with Crippen LogP contribution >= 0.6 is 0 Å². The van der Waals surface area contributed by atoms with Gasteiger partial charge in [0.15, 0.2) is 5.76 Å². The summed E-state index contributed by atoms with van der Waals surface area (Å²) in [6.45, 7) is 3.57. The van der Waals surface area contributed by atoms with Gasteiger partial charge in [-0.15, -0.1) is 0 Å². The Kier molecular flexibility index (Phi) is 5.04. The third-order valence-corrected chi connectivity index (χ3v) is 5.58. The predicted molar refractivity (Wildman–Crippen MR) is 111 cm³/mol. The van der Waals surface area contributed by atoms with Crippen molar-refractivity contribution in [1.82, 2.24) is 19.8 Å². The second kappa shape index (κ2) is 7.68. The maximum atomic E-state index is 13.0. The molecule has 1 aromatic carbocycles. The number of carbonyl (C=O) groups is 1. The number of hydrogen-bond acceptors (Lipinski definition) is 7. The number of rotatable bonds is 5. The van der Waals surface area contributed by atoms with Crippen LogP contribution in [0.4, 0.5) is 0 Å². The second-order valence-electron chi connectivity index (χ2n) is 6.94. The molecule has 0 saturated heterocycles. The van der Waals surface area contributed by atoms with Crippen molar-refractivity contribution in [3.8, 4) is 11.3 Å². The van der Waals surface area contributed by atoms with Crippen LogP contribution in [0.15, 0.2) is 59.4 Å². The molecule has 0 aliphatic rings. The summed E-state index contributed by atoms with van der Waals surface area (Å²) >= 11 is 0. The lowest BCUT2D eigenvalue weighted by molar-refractivity contribution is 0.0983. The van der Waals surface area contributed by atoms with E-state index in [0.717, 1.165) is 5.56 Å². The average molecular weight is 422 g/mol. The van der Waals surface area contributed by atoms with Crippen LogP contribution in [0, 0.1) is 13.8 Å². The molecule has 1 amide bonds. The summed E-state index contributed by atoms with van der Waals surface area (Å²) in [5, 5.41) is 4.23. The first kappa shape index (κ1) is 19.7. The van der Waals surface area contributed by atoms with Crippen LogP contribution in [-0.4, -0.2) is 29.4 Å². The molecule has 152 valence electrons. The molecule has 3 aromatic heterocycles. The molecular weight excluding hydrogens is 404 g/mol. The summed E-state index contributed by atoms with van der Waals surface area (Å²) in [6.07, 6.45) is 3.27. The first-order valence-electron chi connectivity index (χ1n) is 9.09. The lowest BCUT2D eigenvalue weighted by Gasteiger charge is -2.11. The van der Waals surface area contributed by atoms with Gasteiger partial charge in [-0.2, -0.15) is 0 Å². The van der Waals surface area contributed by atoms with Crippen molar-refractivity contribution in [3.63, 3.8) is 0 Å². The van der Waals surface area contributed by atoms with Gasteiger partial charge in [-0.05, 0) is 44.2 Å². The van der Waals surface area contributed by atoms with E-state index >= 15 is 0 Å². The summed E-state index contributed by atoms with van der Waals surface area (Å²) in [4.78, 5) is 21.7. The fraction of sp³-hybridized carbons (Fsp3) is 0.143. The number of sulfonamides is 1. The smallest absolute Gasteiger partial charge is 0.265 e. The Balaban J connectivity index is 1.74. The van der Waals surface area contributed by atoms with Crippen molar-refractivity contribution >= 4 is 26.8 Å². The van der Waals surface area contributed by atoms with E-state index in [2.05, 4.69) is 19.8 Å². The van der Waals surface area contributed by atoms with Gasteiger partial charge in [-0.1, -0.05) is 16.8 Å². The molecule has 3 heterocycles. The van der Waals surface area contributed by atoms with Crippen LogP contribution in [0.3, 0.4) is 0 Å². The average Bonchev–Trinajstić information content (AvgIpc) is 3.11. The fourth-order valence-corrected chi connectivity index (χ4v) is 4.07. The molecule has 0 saturated carbocycles. The molecule has 4 aromatic rings. The number of aryl methyl sites for hydroxylation is 2. The van der Waals surface area contributed by atoms with Crippen LogP contribution in [0.25, 0.3) is 22.2 Å². The number of nitrogens with zero attached hydrogens (tertiary/aromatic N) is 3. The highest BCUT2D eigenvalue weighted by Crippen LogP contribution is 2.25. The highest BCUT2D eigenvalue weighted by atomic mass is 32.2. The Bertz CT molecular complexity index is 1350. The van der Waals surface area contributed by atoms with Crippen molar-refractivity contribution in [2.24, 2.45) is 0 Å². The van der Waals surface area contributed by atoms with Crippen LogP contribution in [0.1, 0.15) is 27.4 Å². The van der Waals surface area contributed by atoms with E-state index in [9.17, 15) is 13.2 Å². The zero-order chi connectivity index (χ0) is 21.3. The van der Waals surface area contributed by atoms with Crippen molar-refractivity contribution in [3.05, 3.63) is 77.4 Å². The summed E-state index contributed by atoms with van der Waals surface area (Å²) in [5.41, 5.74) is 3.51. The normalized spacial score (nSPS) is 11.5. The monoisotopic (exact) mass is 422 g/mol. The zero-order valence-electron chi connectivity index (χ0n) is 16.3. The van der Waals surface area contributed by atoms with E-state index in [1.807, 2.05) is 19.1 Å². The SMILES string of the molecule is Cc1ccc2nc(-c3cccnc3)cc(C(=O)NS(=O)(=O)Cc3cc(C)no3)c2c1. The van der Waals surface area contributed by atoms with E-state index in [4.69, 9.17) is 4.52 Å². The van der Waals surface area contributed by atoms with Gasteiger partial charge in [0.1, 0.15) is 5.75 Å². The molecule has 4 rings (SSSR count). The van der Waals surface area contributed by atoms with Gasteiger partial charge < -0.3 is 4.52 Å². The molecule has 0 radical (unpaired) electrons. The van der Waals surface area contributed by atoms with Gasteiger partial charge >= 0.3 is 0 Å². The molecule has 0 aliphatic heterocycles. The van der Waals surface area contributed by atoms with Crippen molar-refractivity contribution in [1.29, 1.82) is 0 Å². The maximum absolute atomic E-state index is 13.0. The Labute approximate surface area is 173 Å². The second-order valence-corrected chi connectivity index (χ2v) is 8.66. The van der Waals surface area contributed by atoms with E-state index in [-0.39, 0.29) is 11.3 Å². The minimum absolute atomic E-state index is 0.152. The molecule has 0 fully saturated rings. The maximum Gasteiger partial charge on any atom is 0.265 e. The van der Waals surface area contributed by atoms with E-state index in [0.29, 0.717) is 27.9 Å². The first-order valence-corrected chi connectivity index (χ1v) is 10.7. The number of pyridine rings is 2. The lowest BCUT2D eigenvalue weighted by Crippen LogP contribution is -2.31. The Morgan fingerprint density at radius 3 is 2.67 bits per heavy atom. The number of benzene rings is 1. The largest absolute Gasteiger partial charge is 0.360 e. The number of hydrogen-bond donors (Lipinski definition) is 1. The quantitative estimate of drug-likeness (QED) is 0.525. The number of nitrogens with one attached hydrogen (secondary N) is 1. The van der Waals surface area contributed by atoms with Crippen LogP contribution in [-0.2, 0) is 15.8 Å². The molecule has 0 aliphatic carbocycles. The highest BCUT2D eigenvalue weighted by Gasteiger charge is 2.22. The topological polar surface area (TPSA) is 115 Å². The molecule has 0 unspecified atom stereocenters. The summed E-state index contributed by atoms with van der Waals surface area (Å²) in [7, 11) is -3.99. The van der Waals surface area contributed by atoms with Crippen LogP contribution in [0.5, 0.6) is 0 Å². The van der Waals surface area contributed by atoms with Gasteiger partial charge in [0.2, 0.25) is 10.0 Å². The minimum Gasteiger partial charge on any atom is -0.360 e. The van der Waals surface area contributed by atoms with Crippen LogP contribution < -0.4 is 4.72 Å². The third kappa shape index (κ3) is 4.20. The molecule has 8 nitrogen and oxygen atoms in total. The molecular formula is C21H18N4O4S. The van der Waals surface area contributed by atoms with E-state index < -0.39 is 21.7 Å². The lowest BCUT2D eigenvalue weighted by atomic mass is 10.0. The fourth-order valence-electron chi connectivity index (χ4n) is 3.09.